The largest absolute Gasteiger partial charge is 0.240 e. The first-order valence-electron chi connectivity index (χ1n) is 4.16. The van der Waals surface area contributed by atoms with Crippen molar-refractivity contribution in [2.75, 3.05) is 0 Å². The van der Waals surface area contributed by atoms with Crippen molar-refractivity contribution in [3.63, 3.8) is 0 Å². The Morgan fingerprint density at radius 2 is 2.20 bits per heavy atom. The SMILES string of the molecule is Cc1nc(-c2ccc(F)c(Cl)c2)sc1Br. The molecule has 15 heavy (non-hydrogen) atoms. The Kier molecular flexibility index (Phi) is 3.09. The van der Waals surface area contributed by atoms with Crippen LogP contribution >= 0.6 is 38.9 Å². The van der Waals surface area contributed by atoms with Crippen LogP contribution in [0.1, 0.15) is 5.69 Å². The maximum Gasteiger partial charge on any atom is 0.141 e. The normalized spacial score (nSPS) is 10.7. The molecule has 1 heterocycles. The molecule has 0 saturated heterocycles. The Bertz CT molecular complexity index is 493. The zero-order valence-electron chi connectivity index (χ0n) is 7.72. The molecular weight excluding hydrogens is 301 g/mol. The number of aromatic nitrogens is 1. The van der Waals surface area contributed by atoms with E-state index in [1.165, 1.54) is 17.4 Å². The number of hydrogen-bond acceptors (Lipinski definition) is 2. The number of rotatable bonds is 1. The number of halogens is 3. The number of nitrogens with zero attached hydrogens (tertiary/aromatic N) is 1. The summed E-state index contributed by atoms with van der Waals surface area (Å²) in [5.41, 5.74) is 1.76. The van der Waals surface area contributed by atoms with Gasteiger partial charge >= 0.3 is 0 Å². The molecule has 1 nitrogen and oxygen atoms in total. The van der Waals surface area contributed by atoms with Crippen LogP contribution in [0.25, 0.3) is 10.6 Å². The van der Waals surface area contributed by atoms with E-state index < -0.39 is 5.82 Å². The van der Waals surface area contributed by atoms with E-state index >= 15 is 0 Å². The molecule has 0 spiro atoms. The molecule has 0 aliphatic heterocycles. The molecule has 0 aliphatic rings. The average molecular weight is 307 g/mol. The number of hydrogen-bond donors (Lipinski definition) is 0. The third-order valence-electron chi connectivity index (χ3n) is 1.91. The lowest BCUT2D eigenvalue weighted by molar-refractivity contribution is 0.628. The Morgan fingerprint density at radius 3 is 2.73 bits per heavy atom. The van der Waals surface area contributed by atoms with Gasteiger partial charge in [-0.1, -0.05) is 11.6 Å². The highest BCUT2D eigenvalue weighted by molar-refractivity contribution is 9.11. The van der Waals surface area contributed by atoms with E-state index in [4.69, 9.17) is 11.6 Å². The van der Waals surface area contributed by atoms with Crippen molar-refractivity contribution in [3.8, 4) is 10.6 Å². The van der Waals surface area contributed by atoms with Crippen LogP contribution in [-0.4, -0.2) is 4.98 Å². The first kappa shape index (κ1) is 11.0. The summed E-state index contributed by atoms with van der Waals surface area (Å²) < 4.78 is 13.9. The van der Waals surface area contributed by atoms with E-state index in [9.17, 15) is 4.39 Å². The fourth-order valence-electron chi connectivity index (χ4n) is 1.13. The van der Waals surface area contributed by atoms with Gasteiger partial charge in [-0.25, -0.2) is 9.37 Å². The van der Waals surface area contributed by atoms with Crippen LogP contribution in [0.15, 0.2) is 22.0 Å². The summed E-state index contributed by atoms with van der Waals surface area (Å²) in [5.74, 6) is -0.409. The molecule has 0 radical (unpaired) electrons. The maximum absolute atomic E-state index is 12.9. The Hall–Kier alpha value is -0.450. The van der Waals surface area contributed by atoms with Gasteiger partial charge in [-0.3, -0.25) is 0 Å². The first-order chi connectivity index (χ1) is 7.08. The molecule has 0 atom stereocenters. The van der Waals surface area contributed by atoms with Crippen LogP contribution in [0.4, 0.5) is 4.39 Å². The molecule has 0 aliphatic carbocycles. The zero-order valence-corrected chi connectivity index (χ0v) is 10.9. The van der Waals surface area contributed by atoms with Gasteiger partial charge in [-0.05, 0) is 41.1 Å². The molecule has 1 aromatic heterocycles. The summed E-state index contributed by atoms with van der Waals surface area (Å²) in [7, 11) is 0. The van der Waals surface area contributed by atoms with Crippen LogP contribution in [0.5, 0.6) is 0 Å². The van der Waals surface area contributed by atoms with Gasteiger partial charge in [0.05, 0.1) is 14.5 Å². The summed E-state index contributed by atoms with van der Waals surface area (Å²) in [5, 5.41) is 0.956. The fraction of sp³-hybridized carbons (Fsp3) is 0.100. The second-order valence-electron chi connectivity index (χ2n) is 3.01. The lowest BCUT2D eigenvalue weighted by atomic mass is 10.2. The molecular formula is C10H6BrClFNS. The van der Waals surface area contributed by atoms with Gasteiger partial charge in [0.1, 0.15) is 10.8 Å². The lowest BCUT2D eigenvalue weighted by Crippen LogP contribution is -1.80. The summed E-state index contributed by atoms with van der Waals surface area (Å²) in [6, 6.07) is 4.61. The maximum atomic E-state index is 12.9. The minimum absolute atomic E-state index is 0.122. The summed E-state index contributed by atoms with van der Waals surface area (Å²) >= 11 is 10.6. The Balaban J connectivity index is 2.49. The van der Waals surface area contributed by atoms with Gasteiger partial charge < -0.3 is 0 Å². The standard InChI is InChI=1S/C10H6BrClFNS/c1-5-9(11)15-10(14-5)6-2-3-8(13)7(12)4-6/h2-4H,1H3. The van der Waals surface area contributed by atoms with Gasteiger partial charge in [0.15, 0.2) is 0 Å². The van der Waals surface area contributed by atoms with Gasteiger partial charge in [-0.2, -0.15) is 0 Å². The van der Waals surface area contributed by atoms with Crippen molar-refractivity contribution >= 4 is 38.9 Å². The van der Waals surface area contributed by atoms with E-state index in [1.807, 2.05) is 6.92 Å². The molecule has 0 amide bonds. The van der Waals surface area contributed by atoms with E-state index in [0.29, 0.717) is 0 Å². The molecule has 1 aromatic carbocycles. The van der Waals surface area contributed by atoms with Crippen LogP contribution in [-0.2, 0) is 0 Å². The van der Waals surface area contributed by atoms with Gasteiger partial charge in [0, 0.05) is 5.56 Å². The van der Waals surface area contributed by atoms with E-state index in [0.717, 1.165) is 20.1 Å². The Labute approximate surface area is 104 Å². The number of thiazole rings is 1. The van der Waals surface area contributed by atoms with E-state index in [-0.39, 0.29) is 5.02 Å². The lowest BCUT2D eigenvalue weighted by Gasteiger charge is -1.97. The van der Waals surface area contributed by atoms with Crippen molar-refractivity contribution in [3.05, 3.63) is 38.5 Å². The molecule has 78 valence electrons. The van der Waals surface area contributed by atoms with Crippen LogP contribution in [0.3, 0.4) is 0 Å². The predicted molar refractivity (Wildman–Crippen MR) is 65.0 cm³/mol. The molecule has 2 aromatic rings. The van der Waals surface area contributed by atoms with Crippen LogP contribution < -0.4 is 0 Å². The number of aryl methyl sites for hydroxylation is 1. The van der Waals surface area contributed by atoms with Crippen molar-refractivity contribution < 1.29 is 4.39 Å². The monoisotopic (exact) mass is 305 g/mol. The zero-order chi connectivity index (χ0) is 11.0. The first-order valence-corrected chi connectivity index (χ1v) is 6.15. The summed E-state index contributed by atoms with van der Waals surface area (Å²) in [4.78, 5) is 4.34. The molecule has 0 unspecified atom stereocenters. The molecule has 2 rings (SSSR count). The highest BCUT2D eigenvalue weighted by atomic mass is 79.9. The van der Waals surface area contributed by atoms with Gasteiger partial charge in [-0.15, -0.1) is 11.3 Å². The second-order valence-corrected chi connectivity index (χ2v) is 5.73. The highest BCUT2D eigenvalue weighted by Gasteiger charge is 2.09. The third-order valence-corrected chi connectivity index (χ3v) is 4.25. The van der Waals surface area contributed by atoms with Gasteiger partial charge in [0.25, 0.3) is 0 Å². The van der Waals surface area contributed by atoms with Crippen molar-refractivity contribution in [2.24, 2.45) is 0 Å². The third kappa shape index (κ3) is 2.22. The van der Waals surface area contributed by atoms with E-state index in [1.54, 1.807) is 12.1 Å². The minimum Gasteiger partial charge on any atom is -0.240 e. The highest BCUT2D eigenvalue weighted by Crippen LogP contribution is 2.33. The van der Waals surface area contributed by atoms with Crippen molar-refractivity contribution in [2.45, 2.75) is 6.92 Å². The predicted octanol–water partition coefficient (Wildman–Crippen LogP) is 4.67. The molecule has 0 fully saturated rings. The summed E-state index contributed by atoms with van der Waals surface area (Å²) in [6.07, 6.45) is 0. The molecule has 0 N–H and O–H groups in total. The quantitative estimate of drug-likeness (QED) is 0.746. The second kappa shape index (κ2) is 4.20. The van der Waals surface area contributed by atoms with Crippen molar-refractivity contribution in [1.82, 2.24) is 4.98 Å². The van der Waals surface area contributed by atoms with Crippen LogP contribution in [0.2, 0.25) is 5.02 Å². The van der Waals surface area contributed by atoms with E-state index in [2.05, 4.69) is 20.9 Å². The Morgan fingerprint density at radius 1 is 1.47 bits per heavy atom. The molecule has 0 bridgehead atoms. The smallest absolute Gasteiger partial charge is 0.141 e. The van der Waals surface area contributed by atoms with Crippen molar-refractivity contribution in [1.29, 1.82) is 0 Å². The van der Waals surface area contributed by atoms with Crippen LogP contribution in [0, 0.1) is 12.7 Å². The van der Waals surface area contributed by atoms with Gasteiger partial charge in [0.2, 0.25) is 0 Å². The molecule has 5 heteroatoms. The fourth-order valence-corrected chi connectivity index (χ4v) is 2.65. The topological polar surface area (TPSA) is 12.9 Å². The average Bonchev–Trinajstić information content (AvgIpc) is 2.52. The number of benzene rings is 1. The minimum atomic E-state index is -0.409. The molecule has 0 saturated carbocycles. The summed E-state index contributed by atoms with van der Waals surface area (Å²) in [6.45, 7) is 1.91.